The SMILES string of the molecule is CCN(CC)C(=O)N1CC2CCC(C1)N2C(=O)C1(C)C=NC(Nc2nc(-c3sc(C)nc3C)cs2)=CC1. The van der Waals surface area contributed by atoms with Crippen LogP contribution in [0.25, 0.3) is 10.6 Å². The van der Waals surface area contributed by atoms with Crippen molar-refractivity contribution in [1.29, 1.82) is 0 Å². The minimum absolute atomic E-state index is 0.0760. The second kappa shape index (κ2) is 10.2. The van der Waals surface area contributed by atoms with Crippen molar-refractivity contribution in [2.24, 2.45) is 10.4 Å². The molecule has 3 aliphatic rings. The van der Waals surface area contributed by atoms with E-state index in [0.29, 0.717) is 38.4 Å². The summed E-state index contributed by atoms with van der Waals surface area (Å²) in [4.78, 5) is 47.5. The first kappa shape index (κ1) is 25.8. The van der Waals surface area contributed by atoms with Crippen molar-refractivity contribution in [3.8, 4) is 10.6 Å². The number of rotatable bonds is 6. The monoisotopic (exact) mass is 541 g/mol. The molecule has 2 aromatic heterocycles. The Balaban J connectivity index is 1.22. The second-order valence-electron chi connectivity index (χ2n) is 10.2. The van der Waals surface area contributed by atoms with Crippen LogP contribution in [-0.2, 0) is 4.79 Å². The number of fused-ring (bicyclic) bond motifs is 2. The molecule has 2 aromatic rings. The summed E-state index contributed by atoms with van der Waals surface area (Å²) >= 11 is 3.18. The van der Waals surface area contributed by atoms with E-state index >= 15 is 0 Å². The molecule has 2 fully saturated rings. The molecule has 3 unspecified atom stereocenters. The summed E-state index contributed by atoms with van der Waals surface area (Å²) in [6, 6.07) is 0.239. The second-order valence-corrected chi connectivity index (χ2v) is 12.3. The van der Waals surface area contributed by atoms with Crippen LogP contribution in [0.4, 0.5) is 9.93 Å². The number of nitrogens with zero attached hydrogens (tertiary/aromatic N) is 6. The van der Waals surface area contributed by atoms with Gasteiger partial charge in [0.2, 0.25) is 5.91 Å². The van der Waals surface area contributed by atoms with Crippen LogP contribution in [0.3, 0.4) is 0 Å². The van der Waals surface area contributed by atoms with Gasteiger partial charge in [0.05, 0.1) is 26.7 Å². The zero-order valence-electron chi connectivity index (χ0n) is 22.2. The quantitative estimate of drug-likeness (QED) is 0.569. The fourth-order valence-electron chi connectivity index (χ4n) is 5.55. The molecule has 3 amide bonds. The van der Waals surface area contributed by atoms with E-state index in [2.05, 4.69) is 20.2 Å². The third-order valence-corrected chi connectivity index (χ3v) is 9.45. The summed E-state index contributed by atoms with van der Waals surface area (Å²) in [5, 5.41) is 7.14. The number of aromatic nitrogens is 2. The van der Waals surface area contributed by atoms with Crippen molar-refractivity contribution >= 4 is 46.0 Å². The fraction of sp³-hybridized carbons (Fsp3) is 0.577. The van der Waals surface area contributed by atoms with Gasteiger partial charge in [-0.25, -0.2) is 19.8 Å². The molecule has 0 saturated carbocycles. The third-order valence-electron chi connectivity index (χ3n) is 7.59. The van der Waals surface area contributed by atoms with Gasteiger partial charge in [-0.1, -0.05) is 0 Å². The number of aliphatic imine (C=N–C) groups is 1. The van der Waals surface area contributed by atoms with E-state index in [1.807, 2.05) is 55.9 Å². The van der Waals surface area contributed by atoms with E-state index < -0.39 is 5.41 Å². The summed E-state index contributed by atoms with van der Waals surface area (Å²) in [6.45, 7) is 12.6. The summed E-state index contributed by atoms with van der Waals surface area (Å²) in [5.41, 5.74) is 1.23. The van der Waals surface area contributed by atoms with Crippen LogP contribution >= 0.6 is 22.7 Å². The first-order valence-electron chi connectivity index (χ1n) is 13.0. The Morgan fingerprint density at radius 3 is 2.43 bits per heavy atom. The summed E-state index contributed by atoms with van der Waals surface area (Å²) in [6.07, 6.45) is 6.23. The lowest BCUT2D eigenvalue weighted by molar-refractivity contribution is -0.142. The molecule has 198 valence electrons. The number of hydrogen-bond acceptors (Lipinski definition) is 8. The lowest BCUT2D eigenvalue weighted by Gasteiger charge is -2.45. The molecule has 1 N–H and O–H groups in total. The number of urea groups is 1. The minimum atomic E-state index is -0.692. The number of thiazole rings is 2. The first-order valence-corrected chi connectivity index (χ1v) is 14.7. The van der Waals surface area contributed by atoms with Crippen molar-refractivity contribution < 1.29 is 9.59 Å². The van der Waals surface area contributed by atoms with Crippen LogP contribution in [-0.4, -0.2) is 81.1 Å². The van der Waals surface area contributed by atoms with Gasteiger partial charge in [0.15, 0.2) is 5.13 Å². The highest BCUT2D eigenvalue weighted by molar-refractivity contribution is 7.16. The smallest absolute Gasteiger partial charge is 0.320 e. The molecule has 9 nitrogen and oxygen atoms in total. The number of amides is 3. The van der Waals surface area contributed by atoms with Crippen LogP contribution in [0.2, 0.25) is 0 Å². The molecular formula is C26H35N7O2S2. The molecule has 5 heterocycles. The van der Waals surface area contributed by atoms with Crippen molar-refractivity contribution in [2.75, 3.05) is 31.5 Å². The predicted molar refractivity (Wildman–Crippen MR) is 149 cm³/mol. The molecule has 3 aliphatic heterocycles. The Hall–Kier alpha value is -2.79. The maximum absolute atomic E-state index is 13.8. The Kier molecular flexibility index (Phi) is 7.10. The molecule has 11 heteroatoms. The number of carbonyl (C=O) groups is 2. The van der Waals surface area contributed by atoms with Gasteiger partial charge in [-0.05, 0) is 60.0 Å². The number of carbonyl (C=O) groups excluding carboxylic acids is 2. The van der Waals surface area contributed by atoms with Crippen molar-refractivity contribution in [2.45, 2.75) is 66.0 Å². The third kappa shape index (κ3) is 4.90. The lowest BCUT2D eigenvalue weighted by Crippen LogP contribution is -2.61. The van der Waals surface area contributed by atoms with Crippen molar-refractivity contribution in [3.63, 3.8) is 0 Å². The maximum atomic E-state index is 13.8. The molecule has 5 rings (SSSR count). The van der Waals surface area contributed by atoms with E-state index in [9.17, 15) is 9.59 Å². The first-order chi connectivity index (χ1) is 17.7. The predicted octanol–water partition coefficient (Wildman–Crippen LogP) is 4.75. The van der Waals surface area contributed by atoms with Crippen molar-refractivity contribution in [1.82, 2.24) is 24.7 Å². The fourth-order valence-corrected chi connectivity index (χ4v) is 7.21. The number of aryl methyl sites for hydroxylation is 2. The lowest BCUT2D eigenvalue weighted by atomic mass is 9.84. The Morgan fingerprint density at radius 2 is 1.86 bits per heavy atom. The van der Waals surface area contributed by atoms with E-state index in [1.54, 1.807) is 17.6 Å². The average molecular weight is 542 g/mol. The van der Waals surface area contributed by atoms with Crippen LogP contribution in [0.1, 0.15) is 50.7 Å². The van der Waals surface area contributed by atoms with Crippen LogP contribution in [0.5, 0.6) is 0 Å². The van der Waals surface area contributed by atoms with Gasteiger partial charge in [0.1, 0.15) is 5.82 Å². The Morgan fingerprint density at radius 1 is 1.16 bits per heavy atom. The molecule has 0 aliphatic carbocycles. The molecule has 0 aromatic carbocycles. The molecular weight excluding hydrogens is 506 g/mol. The van der Waals surface area contributed by atoms with Gasteiger partial charge < -0.3 is 20.0 Å². The van der Waals surface area contributed by atoms with Gasteiger partial charge >= 0.3 is 6.03 Å². The number of allylic oxidation sites excluding steroid dienone is 1. The van der Waals surface area contributed by atoms with Gasteiger partial charge in [0, 0.05) is 49.9 Å². The molecule has 37 heavy (non-hydrogen) atoms. The van der Waals surface area contributed by atoms with E-state index in [-0.39, 0.29) is 24.0 Å². The molecule has 2 bridgehead atoms. The number of anilines is 1. The Labute approximate surface area is 226 Å². The number of hydrogen-bond donors (Lipinski definition) is 1. The van der Waals surface area contributed by atoms with Crippen LogP contribution in [0.15, 0.2) is 22.3 Å². The van der Waals surface area contributed by atoms with Gasteiger partial charge in [-0.2, -0.15) is 0 Å². The molecule has 2 saturated heterocycles. The van der Waals surface area contributed by atoms with Crippen molar-refractivity contribution in [3.05, 3.63) is 28.0 Å². The number of likely N-dealkylation sites (tertiary alicyclic amines) is 1. The van der Waals surface area contributed by atoms with E-state index in [0.717, 1.165) is 39.2 Å². The topological polar surface area (TPSA) is 94.0 Å². The summed E-state index contributed by atoms with van der Waals surface area (Å²) in [5.74, 6) is 0.822. The van der Waals surface area contributed by atoms with Gasteiger partial charge in [0.25, 0.3) is 0 Å². The normalized spacial score (nSPS) is 24.8. The largest absolute Gasteiger partial charge is 0.332 e. The standard InChI is InChI=1S/C26H35N7O2S2/c1-6-31(7-2)25(35)32-12-18-8-9-19(13-32)33(18)23(34)26(5)11-10-21(27-15-26)30-24-29-20(14-36-24)22-16(3)28-17(4)37-22/h10,14-15,18-19H,6-9,11-13H2,1-5H3,(H,29,30). The Bertz CT molecular complexity index is 1230. The minimum Gasteiger partial charge on any atom is -0.332 e. The zero-order valence-corrected chi connectivity index (χ0v) is 23.8. The number of nitrogens with one attached hydrogen (secondary N) is 1. The zero-order chi connectivity index (χ0) is 26.3. The molecule has 3 atom stereocenters. The summed E-state index contributed by atoms with van der Waals surface area (Å²) < 4.78 is 0. The van der Waals surface area contributed by atoms with Crippen LogP contribution in [0, 0.1) is 19.3 Å². The number of piperazine rings is 1. The van der Waals surface area contributed by atoms with E-state index in [1.165, 1.54) is 11.3 Å². The van der Waals surface area contributed by atoms with Gasteiger partial charge in [-0.3, -0.25) is 4.79 Å². The molecule has 0 spiro atoms. The van der Waals surface area contributed by atoms with E-state index in [4.69, 9.17) is 4.98 Å². The maximum Gasteiger partial charge on any atom is 0.320 e. The van der Waals surface area contributed by atoms with Crippen LogP contribution < -0.4 is 5.32 Å². The average Bonchev–Trinajstić information content (AvgIpc) is 3.55. The van der Waals surface area contributed by atoms with Gasteiger partial charge in [-0.15, -0.1) is 22.7 Å². The highest BCUT2D eigenvalue weighted by atomic mass is 32.1. The highest BCUT2D eigenvalue weighted by Crippen LogP contribution is 2.37. The summed E-state index contributed by atoms with van der Waals surface area (Å²) in [7, 11) is 0. The molecule has 0 radical (unpaired) electrons. The highest BCUT2D eigenvalue weighted by Gasteiger charge is 2.48.